The number of amides is 1. The number of nitrogens with one attached hydrogen (secondary N) is 1. The van der Waals surface area contributed by atoms with E-state index >= 15 is 0 Å². The Morgan fingerprint density at radius 1 is 1.19 bits per heavy atom. The van der Waals surface area contributed by atoms with Crippen molar-refractivity contribution in [3.63, 3.8) is 0 Å². The molecule has 2 heterocycles. The molecule has 0 aromatic rings. The van der Waals surface area contributed by atoms with Crippen LogP contribution in [-0.4, -0.2) is 94.7 Å². The third-order valence-electron chi connectivity index (χ3n) is 4.76. The normalized spacial score (nSPS) is 19.5. The average Bonchev–Trinajstić information content (AvgIpc) is 2.69. The number of carbonyl (C=O) groups is 1. The van der Waals surface area contributed by atoms with E-state index in [-0.39, 0.29) is 6.09 Å². The quantitative estimate of drug-likeness (QED) is 0.412. The van der Waals surface area contributed by atoms with Crippen LogP contribution in [0.2, 0.25) is 0 Å². The zero-order valence-corrected chi connectivity index (χ0v) is 16.2. The third kappa shape index (κ3) is 6.99. The molecular formula is C18H34N4O4. The summed E-state index contributed by atoms with van der Waals surface area (Å²) in [5.74, 6) is 1.54. The lowest BCUT2D eigenvalue weighted by molar-refractivity contribution is 0.0203. The summed E-state index contributed by atoms with van der Waals surface area (Å²) in [5, 5.41) is 3.39. The minimum Gasteiger partial charge on any atom is -0.450 e. The van der Waals surface area contributed by atoms with E-state index in [1.54, 1.807) is 11.9 Å². The molecule has 0 aliphatic carbocycles. The molecule has 2 aliphatic heterocycles. The number of ether oxygens (including phenoxy) is 3. The molecule has 2 fully saturated rings. The third-order valence-corrected chi connectivity index (χ3v) is 4.76. The highest BCUT2D eigenvalue weighted by atomic mass is 16.6. The Morgan fingerprint density at radius 3 is 2.54 bits per heavy atom. The summed E-state index contributed by atoms with van der Waals surface area (Å²) in [6.45, 7) is 9.26. The van der Waals surface area contributed by atoms with Crippen molar-refractivity contribution < 1.29 is 19.0 Å². The van der Waals surface area contributed by atoms with Gasteiger partial charge in [0, 0.05) is 66.2 Å². The molecule has 0 unspecified atom stereocenters. The van der Waals surface area contributed by atoms with Crippen molar-refractivity contribution in [1.82, 2.24) is 15.1 Å². The molecule has 8 nitrogen and oxygen atoms in total. The number of rotatable bonds is 7. The van der Waals surface area contributed by atoms with Gasteiger partial charge in [0.15, 0.2) is 5.96 Å². The summed E-state index contributed by atoms with van der Waals surface area (Å²) in [5.41, 5.74) is 0. The van der Waals surface area contributed by atoms with E-state index in [4.69, 9.17) is 14.2 Å². The highest BCUT2D eigenvalue weighted by Crippen LogP contribution is 2.14. The summed E-state index contributed by atoms with van der Waals surface area (Å²) in [4.78, 5) is 20.0. The number of piperazine rings is 1. The number of guanidine groups is 1. The van der Waals surface area contributed by atoms with Crippen LogP contribution in [0.15, 0.2) is 4.99 Å². The molecule has 150 valence electrons. The van der Waals surface area contributed by atoms with E-state index in [0.29, 0.717) is 25.6 Å². The molecule has 1 N–H and O–H groups in total. The van der Waals surface area contributed by atoms with Gasteiger partial charge in [0.25, 0.3) is 0 Å². The highest BCUT2D eigenvalue weighted by molar-refractivity contribution is 5.80. The summed E-state index contributed by atoms with van der Waals surface area (Å²) in [7, 11) is 1.79. The van der Waals surface area contributed by atoms with Gasteiger partial charge in [0.2, 0.25) is 0 Å². The number of nitrogens with zero attached hydrogens (tertiary/aromatic N) is 3. The SMILES string of the molecule is CCOC(=O)N1CCN(C(=NC)NCCCOCC2CCOCC2)CC1. The van der Waals surface area contributed by atoms with E-state index in [2.05, 4.69) is 15.2 Å². The van der Waals surface area contributed by atoms with Crippen molar-refractivity contribution in [1.29, 1.82) is 0 Å². The van der Waals surface area contributed by atoms with Gasteiger partial charge in [0.05, 0.1) is 6.61 Å². The second-order valence-electron chi connectivity index (χ2n) is 6.63. The maximum absolute atomic E-state index is 11.7. The summed E-state index contributed by atoms with van der Waals surface area (Å²) in [6, 6.07) is 0. The molecule has 2 aliphatic rings. The maximum Gasteiger partial charge on any atom is 0.409 e. The number of hydrogen-bond donors (Lipinski definition) is 1. The molecule has 2 rings (SSSR count). The standard InChI is InChI=1S/C18H34N4O4/c1-3-26-18(23)22-10-8-21(9-11-22)17(19-2)20-7-4-12-25-15-16-5-13-24-14-6-16/h16H,3-15H2,1-2H3,(H,19,20). The predicted octanol–water partition coefficient (Wildman–Crippen LogP) is 1.17. The minimum atomic E-state index is -0.225. The molecule has 0 aromatic heterocycles. The fourth-order valence-corrected chi connectivity index (χ4v) is 3.19. The first-order chi connectivity index (χ1) is 12.7. The van der Waals surface area contributed by atoms with Gasteiger partial charge in [-0.15, -0.1) is 0 Å². The van der Waals surface area contributed by atoms with Gasteiger partial charge in [-0.1, -0.05) is 0 Å². The van der Waals surface area contributed by atoms with Crippen LogP contribution < -0.4 is 5.32 Å². The first-order valence-electron chi connectivity index (χ1n) is 9.77. The largest absolute Gasteiger partial charge is 0.450 e. The van der Waals surface area contributed by atoms with Crippen molar-refractivity contribution in [2.45, 2.75) is 26.2 Å². The molecule has 0 radical (unpaired) electrons. The maximum atomic E-state index is 11.7. The second kappa shape index (κ2) is 12.0. The molecule has 8 heteroatoms. The predicted molar refractivity (Wildman–Crippen MR) is 101 cm³/mol. The fraction of sp³-hybridized carbons (Fsp3) is 0.889. The summed E-state index contributed by atoms with van der Waals surface area (Å²) in [6.07, 6.45) is 2.95. The smallest absolute Gasteiger partial charge is 0.409 e. The number of aliphatic imine (C=N–C) groups is 1. The van der Waals surface area contributed by atoms with Gasteiger partial charge in [-0.3, -0.25) is 4.99 Å². The van der Waals surface area contributed by atoms with Gasteiger partial charge < -0.3 is 29.3 Å². The van der Waals surface area contributed by atoms with E-state index in [1.807, 2.05) is 6.92 Å². The Balaban J connectivity index is 1.56. The Labute approximate surface area is 156 Å². The average molecular weight is 370 g/mol. The van der Waals surface area contributed by atoms with Gasteiger partial charge in [-0.05, 0) is 32.1 Å². The van der Waals surface area contributed by atoms with Crippen LogP contribution in [0.5, 0.6) is 0 Å². The second-order valence-corrected chi connectivity index (χ2v) is 6.63. The molecule has 0 atom stereocenters. The lowest BCUT2D eigenvalue weighted by Crippen LogP contribution is -2.54. The number of carbonyl (C=O) groups excluding carboxylic acids is 1. The first kappa shape index (κ1) is 20.8. The van der Waals surface area contributed by atoms with Crippen molar-refractivity contribution in [3.8, 4) is 0 Å². The van der Waals surface area contributed by atoms with Gasteiger partial charge in [-0.2, -0.15) is 0 Å². The zero-order chi connectivity index (χ0) is 18.6. The molecular weight excluding hydrogens is 336 g/mol. The van der Waals surface area contributed by atoms with Crippen LogP contribution in [0, 0.1) is 5.92 Å². The zero-order valence-electron chi connectivity index (χ0n) is 16.2. The van der Waals surface area contributed by atoms with E-state index in [1.165, 1.54) is 0 Å². The monoisotopic (exact) mass is 370 g/mol. The van der Waals surface area contributed by atoms with Crippen LogP contribution >= 0.6 is 0 Å². The van der Waals surface area contributed by atoms with E-state index in [9.17, 15) is 4.79 Å². The molecule has 26 heavy (non-hydrogen) atoms. The molecule has 1 amide bonds. The summed E-state index contributed by atoms with van der Waals surface area (Å²) >= 11 is 0. The van der Waals surface area contributed by atoms with Gasteiger partial charge >= 0.3 is 6.09 Å². The lowest BCUT2D eigenvalue weighted by atomic mass is 10.0. The molecule has 0 bridgehead atoms. The first-order valence-corrected chi connectivity index (χ1v) is 9.77. The van der Waals surface area contributed by atoms with Gasteiger partial charge in [-0.25, -0.2) is 4.79 Å². The van der Waals surface area contributed by atoms with Crippen LogP contribution in [0.1, 0.15) is 26.2 Å². The number of hydrogen-bond acceptors (Lipinski definition) is 5. The molecule has 2 saturated heterocycles. The van der Waals surface area contributed by atoms with Crippen LogP contribution in [0.4, 0.5) is 4.79 Å². The van der Waals surface area contributed by atoms with Gasteiger partial charge in [0.1, 0.15) is 0 Å². The van der Waals surface area contributed by atoms with Crippen molar-refractivity contribution in [3.05, 3.63) is 0 Å². The molecule has 0 saturated carbocycles. The Hall–Kier alpha value is -1.54. The topological polar surface area (TPSA) is 75.6 Å². The lowest BCUT2D eigenvalue weighted by Gasteiger charge is -2.35. The Bertz CT molecular complexity index is 433. The molecule has 0 aromatic carbocycles. The van der Waals surface area contributed by atoms with Crippen LogP contribution in [-0.2, 0) is 14.2 Å². The van der Waals surface area contributed by atoms with E-state index in [0.717, 1.165) is 71.3 Å². The minimum absolute atomic E-state index is 0.225. The fourth-order valence-electron chi connectivity index (χ4n) is 3.19. The van der Waals surface area contributed by atoms with Crippen LogP contribution in [0.3, 0.4) is 0 Å². The highest BCUT2D eigenvalue weighted by Gasteiger charge is 2.23. The van der Waals surface area contributed by atoms with Crippen molar-refractivity contribution in [2.75, 3.05) is 72.8 Å². The van der Waals surface area contributed by atoms with Crippen molar-refractivity contribution >= 4 is 12.1 Å². The Kier molecular flexibility index (Phi) is 9.55. The van der Waals surface area contributed by atoms with Crippen LogP contribution in [0.25, 0.3) is 0 Å². The summed E-state index contributed by atoms with van der Waals surface area (Å²) < 4.78 is 16.2. The molecule has 0 spiro atoms. The van der Waals surface area contributed by atoms with E-state index < -0.39 is 0 Å². The van der Waals surface area contributed by atoms with Crippen molar-refractivity contribution in [2.24, 2.45) is 10.9 Å². The Morgan fingerprint density at radius 2 is 1.88 bits per heavy atom.